The van der Waals surface area contributed by atoms with Crippen LogP contribution in [0.2, 0.25) is 0 Å². The lowest BCUT2D eigenvalue weighted by molar-refractivity contribution is 0.189. The molecule has 1 heterocycles. The standard InChI is InChI=1S/C19H18N2O4/c22-16-10-7-12(14-8-11-17(23)21-18(14)16)6-9-15(20-19(24)25)13-4-2-1-3-5-13/h1-5,7-8,10-11,15,20,22H,6,9H2,(H,21,23)(H,24,25). The van der Waals surface area contributed by atoms with E-state index in [0.717, 1.165) is 16.5 Å². The Morgan fingerprint density at radius 2 is 1.84 bits per heavy atom. The van der Waals surface area contributed by atoms with Gasteiger partial charge in [-0.25, -0.2) is 4.79 Å². The molecule has 0 bridgehead atoms. The zero-order valence-electron chi connectivity index (χ0n) is 13.4. The molecule has 0 aliphatic rings. The smallest absolute Gasteiger partial charge is 0.405 e. The Bertz CT molecular complexity index is 951. The van der Waals surface area contributed by atoms with Crippen LogP contribution >= 0.6 is 0 Å². The molecule has 0 saturated carbocycles. The highest BCUT2D eigenvalue weighted by Gasteiger charge is 2.15. The van der Waals surface area contributed by atoms with E-state index in [1.165, 1.54) is 12.1 Å². The molecule has 0 aliphatic carbocycles. The second-order valence-corrected chi connectivity index (χ2v) is 5.81. The number of aryl methyl sites for hydroxylation is 1. The number of nitrogens with one attached hydrogen (secondary N) is 2. The van der Waals surface area contributed by atoms with Gasteiger partial charge in [0, 0.05) is 11.5 Å². The van der Waals surface area contributed by atoms with Crippen molar-refractivity contribution in [1.82, 2.24) is 10.3 Å². The maximum atomic E-state index is 11.5. The third-order valence-corrected chi connectivity index (χ3v) is 4.17. The van der Waals surface area contributed by atoms with Gasteiger partial charge in [-0.1, -0.05) is 36.4 Å². The number of phenols is 1. The second kappa shape index (κ2) is 7.09. The minimum absolute atomic E-state index is 0.0136. The first kappa shape index (κ1) is 16.6. The number of rotatable bonds is 5. The van der Waals surface area contributed by atoms with Crippen LogP contribution in [0.1, 0.15) is 23.6 Å². The summed E-state index contributed by atoms with van der Waals surface area (Å²) in [5, 5.41) is 22.3. The number of hydrogen-bond acceptors (Lipinski definition) is 3. The molecule has 128 valence electrons. The van der Waals surface area contributed by atoms with Crippen molar-refractivity contribution in [3.05, 3.63) is 76.1 Å². The number of hydrogen-bond donors (Lipinski definition) is 4. The van der Waals surface area contributed by atoms with E-state index in [2.05, 4.69) is 10.3 Å². The first-order valence-corrected chi connectivity index (χ1v) is 7.93. The van der Waals surface area contributed by atoms with E-state index in [4.69, 9.17) is 5.11 Å². The number of carboxylic acid groups (broad SMARTS) is 1. The van der Waals surface area contributed by atoms with E-state index in [9.17, 15) is 14.7 Å². The van der Waals surface area contributed by atoms with Gasteiger partial charge in [0.2, 0.25) is 5.56 Å². The second-order valence-electron chi connectivity index (χ2n) is 5.81. The van der Waals surface area contributed by atoms with Crippen LogP contribution in [-0.4, -0.2) is 21.3 Å². The number of amides is 1. The Balaban J connectivity index is 1.88. The Morgan fingerprint density at radius 3 is 2.56 bits per heavy atom. The van der Waals surface area contributed by atoms with E-state index in [1.54, 1.807) is 12.1 Å². The van der Waals surface area contributed by atoms with Gasteiger partial charge >= 0.3 is 6.09 Å². The van der Waals surface area contributed by atoms with Gasteiger partial charge in [0.15, 0.2) is 0 Å². The number of fused-ring (bicyclic) bond motifs is 1. The molecule has 0 fully saturated rings. The molecule has 2 aromatic carbocycles. The fourth-order valence-corrected chi connectivity index (χ4v) is 2.97. The molecule has 1 amide bonds. The maximum absolute atomic E-state index is 11.5. The van der Waals surface area contributed by atoms with Gasteiger partial charge in [-0.2, -0.15) is 0 Å². The first-order chi connectivity index (χ1) is 12.0. The van der Waals surface area contributed by atoms with E-state index >= 15 is 0 Å². The van der Waals surface area contributed by atoms with E-state index in [0.29, 0.717) is 18.4 Å². The fraction of sp³-hybridized carbons (Fsp3) is 0.158. The van der Waals surface area contributed by atoms with Gasteiger partial charge in [0.05, 0.1) is 11.6 Å². The molecule has 1 aromatic heterocycles. The summed E-state index contributed by atoms with van der Waals surface area (Å²) in [6.45, 7) is 0. The van der Waals surface area contributed by atoms with Crippen molar-refractivity contribution in [2.75, 3.05) is 0 Å². The molecule has 1 atom stereocenters. The zero-order valence-corrected chi connectivity index (χ0v) is 13.4. The summed E-state index contributed by atoms with van der Waals surface area (Å²) in [5.41, 5.74) is 1.93. The number of aromatic amines is 1. The van der Waals surface area contributed by atoms with Crippen LogP contribution in [0.15, 0.2) is 59.4 Å². The van der Waals surface area contributed by atoms with Crippen molar-refractivity contribution in [2.24, 2.45) is 0 Å². The molecule has 0 aliphatic heterocycles. The fourth-order valence-electron chi connectivity index (χ4n) is 2.97. The van der Waals surface area contributed by atoms with Crippen molar-refractivity contribution in [3.8, 4) is 5.75 Å². The Kier molecular flexibility index (Phi) is 4.70. The summed E-state index contributed by atoms with van der Waals surface area (Å²) in [6, 6.07) is 15.4. The predicted octanol–water partition coefficient (Wildman–Crippen LogP) is 3.18. The lowest BCUT2D eigenvalue weighted by Crippen LogP contribution is -2.27. The molecule has 3 aromatic rings. The minimum atomic E-state index is -1.08. The van der Waals surface area contributed by atoms with Gasteiger partial charge < -0.3 is 20.5 Å². The number of pyridine rings is 1. The lowest BCUT2D eigenvalue weighted by Gasteiger charge is -2.18. The summed E-state index contributed by atoms with van der Waals surface area (Å²) in [5.74, 6) is 0.0136. The van der Waals surface area contributed by atoms with Crippen molar-refractivity contribution in [3.63, 3.8) is 0 Å². The summed E-state index contributed by atoms with van der Waals surface area (Å²) >= 11 is 0. The van der Waals surface area contributed by atoms with Crippen LogP contribution in [0.5, 0.6) is 5.75 Å². The van der Waals surface area contributed by atoms with Gasteiger partial charge in [0.1, 0.15) is 5.75 Å². The number of carbonyl (C=O) groups is 1. The molecule has 0 radical (unpaired) electrons. The molecule has 6 nitrogen and oxygen atoms in total. The molecular weight excluding hydrogens is 320 g/mol. The molecular formula is C19H18N2O4. The van der Waals surface area contributed by atoms with Crippen LogP contribution < -0.4 is 10.9 Å². The zero-order chi connectivity index (χ0) is 17.8. The van der Waals surface area contributed by atoms with Crippen LogP contribution in [0.25, 0.3) is 10.9 Å². The third kappa shape index (κ3) is 3.80. The van der Waals surface area contributed by atoms with Crippen LogP contribution in [0, 0.1) is 0 Å². The molecule has 4 N–H and O–H groups in total. The van der Waals surface area contributed by atoms with E-state index in [1.807, 2.05) is 30.3 Å². The van der Waals surface area contributed by atoms with Crippen molar-refractivity contribution in [1.29, 1.82) is 0 Å². The van der Waals surface area contributed by atoms with Crippen LogP contribution in [0.4, 0.5) is 4.79 Å². The van der Waals surface area contributed by atoms with Crippen LogP contribution in [-0.2, 0) is 6.42 Å². The molecule has 1 unspecified atom stereocenters. The summed E-state index contributed by atoms with van der Waals surface area (Å²) in [7, 11) is 0. The molecule has 3 rings (SSSR count). The highest BCUT2D eigenvalue weighted by atomic mass is 16.4. The molecule has 0 spiro atoms. The average molecular weight is 338 g/mol. The largest absolute Gasteiger partial charge is 0.506 e. The molecule has 6 heteroatoms. The highest BCUT2D eigenvalue weighted by Crippen LogP contribution is 2.27. The summed E-state index contributed by atoms with van der Waals surface area (Å²) in [6.07, 6.45) is 0.0617. The maximum Gasteiger partial charge on any atom is 0.405 e. The number of H-pyrrole nitrogens is 1. The Labute approximate surface area is 143 Å². The van der Waals surface area contributed by atoms with Crippen molar-refractivity contribution >= 4 is 17.0 Å². The van der Waals surface area contributed by atoms with Gasteiger partial charge in [-0.05, 0) is 36.1 Å². The molecule has 25 heavy (non-hydrogen) atoms. The minimum Gasteiger partial charge on any atom is -0.506 e. The number of aromatic hydroxyl groups is 1. The Hall–Kier alpha value is -3.28. The first-order valence-electron chi connectivity index (χ1n) is 7.93. The van der Waals surface area contributed by atoms with E-state index in [-0.39, 0.29) is 17.4 Å². The van der Waals surface area contributed by atoms with Crippen molar-refractivity contribution < 1.29 is 15.0 Å². The third-order valence-electron chi connectivity index (χ3n) is 4.17. The van der Waals surface area contributed by atoms with Crippen molar-refractivity contribution in [2.45, 2.75) is 18.9 Å². The van der Waals surface area contributed by atoms with Gasteiger partial charge in [-0.3, -0.25) is 4.79 Å². The average Bonchev–Trinajstić information content (AvgIpc) is 2.61. The highest BCUT2D eigenvalue weighted by molar-refractivity contribution is 5.87. The monoisotopic (exact) mass is 338 g/mol. The van der Waals surface area contributed by atoms with E-state index < -0.39 is 6.09 Å². The SMILES string of the molecule is O=C(O)NC(CCc1ccc(O)c2[nH]c(=O)ccc12)c1ccccc1. The topological polar surface area (TPSA) is 102 Å². The van der Waals surface area contributed by atoms with Gasteiger partial charge in [0.25, 0.3) is 0 Å². The summed E-state index contributed by atoms with van der Waals surface area (Å²) < 4.78 is 0. The van der Waals surface area contributed by atoms with Crippen LogP contribution in [0.3, 0.4) is 0 Å². The van der Waals surface area contributed by atoms with Gasteiger partial charge in [-0.15, -0.1) is 0 Å². The number of benzene rings is 2. The quantitative estimate of drug-likeness (QED) is 0.574. The molecule has 0 saturated heterocycles. The summed E-state index contributed by atoms with van der Waals surface area (Å²) in [4.78, 5) is 25.2. The lowest BCUT2D eigenvalue weighted by atomic mass is 9.97. The number of aromatic nitrogens is 1. The number of phenolic OH excluding ortho intramolecular Hbond substituents is 1. The normalized spacial score (nSPS) is 12.0. The Morgan fingerprint density at radius 1 is 1.08 bits per heavy atom. The predicted molar refractivity (Wildman–Crippen MR) is 94.9 cm³/mol.